The van der Waals surface area contributed by atoms with Gasteiger partial charge < -0.3 is 0 Å². The second kappa shape index (κ2) is 5.04. The summed E-state index contributed by atoms with van der Waals surface area (Å²) >= 11 is 0. The molecule has 0 saturated heterocycles. The first kappa shape index (κ1) is 7.90. The summed E-state index contributed by atoms with van der Waals surface area (Å²) in [5.74, 6) is 0. The van der Waals surface area contributed by atoms with Crippen LogP contribution in [-0.4, -0.2) is 6.29 Å². The minimum absolute atomic E-state index is 0.449. The lowest BCUT2D eigenvalue weighted by Crippen LogP contribution is -1.81. The van der Waals surface area contributed by atoms with Gasteiger partial charge in [-0.1, -0.05) is 6.58 Å². The van der Waals surface area contributed by atoms with E-state index in [1.165, 1.54) is 0 Å². The molecule has 0 bridgehead atoms. The van der Waals surface area contributed by atoms with E-state index in [4.69, 9.17) is 5.26 Å². The standard InChI is InChI=1S/C7H8NO/c1-7(6-9)4-2-3-5-8/h1-4H2. The molecule has 0 amide bonds. The molecule has 47 valence electrons. The number of unbranched alkanes of at least 4 members (excludes halogenated alkanes) is 1. The molecule has 1 radical (unpaired) electrons. The average Bonchev–Trinajstić information content (AvgIpc) is 1.89. The second-order valence-corrected chi connectivity index (χ2v) is 1.72. The van der Waals surface area contributed by atoms with Gasteiger partial charge in [0.1, 0.15) is 0 Å². The van der Waals surface area contributed by atoms with Gasteiger partial charge in [-0.3, -0.25) is 4.79 Å². The van der Waals surface area contributed by atoms with Crippen LogP contribution in [0.15, 0.2) is 12.2 Å². The van der Waals surface area contributed by atoms with E-state index in [0.717, 1.165) is 0 Å². The Bertz CT molecular complexity index is 143. The first-order valence-corrected chi connectivity index (χ1v) is 2.74. The topological polar surface area (TPSA) is 40.9 Å². The summed E-state index contributed by atoms with van der Waals surface area (Å²) in [6, 6.07) is 1.98. The van der Waals surface area contributed by atoms with Crippen LogP contribution in [0.4, 0.5) is 0 Å². The fraction of sp³-hybridized carbons (Fsp3) is 0.429. The first-order chi connectivity index (χ1) is 4.31. The van der Waals surface area contributed by atoms with Crippen LogP contribution in [0.25, 0.3) is 0 Å². The third-order valence-electron chi connectivity index (χ3n) is 0.911. The lowest BCUT2D eigenvalue weighted by atomic mass is 10.1. The predicted molar refractivity (Wildman–Crippen MR) is 34.3 cm³/mol. The first-order valence-electron chi connectivity index (χ1n) is 2.74. The van der Waals surface area contributed by atoms with Crippen molar-refractivity contribution >= 4 is 6.29 Å². The fourth-order valence-corrected chi connectivity index (χ4v) is 0.432. The van der Waals surface area contributed by atoms with E-state index in [1.807, 2.05) is 6.07 Å². The van der Waals surface area contributed by atoms with Crippen molar-refractivity contribution < 1.29 is 4.79 Å². The van der Waals surface area contributed by atoms with Crippen LogP contribution >= 0.6 is 0 Å². The van der Waals surface area contributed by atoms with Crippen LogP contribution in [0.1, 0.15) is 19.3 Å². The SMILES string of the molecule is C=C([C]=O)CCCC#N. The summed E-state index contributed by atoms with van der Waals surface area (Å²) in [5.41, 5.74) is 0.449. The Kier molecular flexibility index (Phi) is 4.43. The minimum atomic E-state index is 0.449. The number of nitrogens with zero attached hydrogens (tertiary/aromatic N) is 1. The molecule has 0 heterocycles. The molecule has 0 aromatic rings. The predicted octanol–water partition coefficient (Wildman–Crippen LogP) is 1.35. The smallest absolute Gasteiger partial charge is 0.228 e. The molecule has 0 rings (SSSR count). The second-order valence-electron chi connectivity index (χ2n) is 1.72. The van der Waals surface area contributed by atoms with E-state index in [9.17, 15) is 4.79 Å². The van der Waals surface area contributed by atoms with Gasteiger partial charge in [-0.15, -0.1) is 0 Å². The van der Waals surface area contributed by atoms with Crippen LogP contribution in [0, 0.1) is 11.3 Å². The zero-order valence-electron chi connectivity index (χ0n) is 5.18. The fourth-order valence-electron chi connectivity index (χ4n) is 0.432. The van der Waals surface area contributed by atoms with Crippen molar-refractivity contribution in [3.05, 3.63) is 12.2 Å². The number of carbonyl (C=O) groups excluding carboxylic acids is 1. The lowest BCUT2D eigenvalue weighted by molar-refractivity contribution is 0.559. The molecule has 0 unspecified atom stereocenters. The summed E-state index contributed by atoms with van der Waals surface area (Å²) in [6.07, 6.45) is 3.46. The third-order valence-corrected chi connectivity index (χ3v) is 0.911. The van der Waals surface area contributed by atoms with Crippen LogP contribution in [0.2, 0.25) is 0 Å². The van der Waals surface area contributed by atoms with Crippen molar-refractivity contribution in [1.82, 2.24) is 0 Å². The van der Waals surface area contributed by atoms with Crippen molar-refractivity contribution in [3.8, 4) is 6.07 Å². The molecule has 0 aromatic heterocycles. The highest BCUT2D eigenvalue weighted by Crippen LogP contribution is 2.00. The van der Waals surface area contributed by atoms with Gasteiger partial charge in [0.25, 0.3) is 0 Å². The zero-order valence-corrected chi connectivity index (χ0v) is 5.18. The summed E-state index contributed by atoms with van der Waals surface area (Å²) < 4.78 is 0. The number of nitriles is 1. The summed E-state index contributed by atoms with van der Waals surface area (Å²) in [7, 11) is 0. The molecular formula is C7H8NO. The maximum atomic E-state index is 9.79. The Labute approximate surface area is 54.8 Å². The van der Waals surface area contributed by atoms with Crippen molar-refractivity contribution in [2.45, 2.75) is 19.3 Å². The quantitative estimate of drug-likeness (QED) is 0.417. The molecule has 2 nitrogen and oxygen atoms in total. The Morgan fingerprint density at radius 3 is 2.78 bits per heavy atom. The van der Waals surface area contributed by atoms with Gasteiger partial charge in [0.2, 0.25) is 6.29 Å². The van der Waals surface area contributed by atoms with Gasteiger partial charge >= 0.3 is 0 Å². The Balaban J connectivity index is 3.19. The Morgan fingerprint density at radius 2 is 2.33 bits per heavy atom. The number of allylic oxidation sites excluding steroid dienone is 1. The summed E-state index contributed by atoms with van der Waals surface area (Å²) in [4.78, 5) is 9.79. The Morgan fingerprint density at radius 1 is 1.67 bits per heavy atom. The van der Waals surface area contributed by atoms with E-state index in [1.54, 1.807) is 6.29 Å². The van der Waals surface area contributed by atoms with Crippen molar-refractivity contribution in [2.75, 3.05) is 0 Å². The van der Waals surface area contributed by atoms with E-state index < -0.39 is 0 Å². The molecule has 0 N–H and O–H groups in total. The highest BCUT2D eigenvalue weighted by molar-refractivity contribution is 5.72. The van der Waals surface area contributed by atoms with Gasteiger partial charge in [0.15, 0.2) is 0 Å². The van der Waals surface area contributed by atoms with E-state index in [0.29, 0.717) is 24.8 Å². The molecule has 0 aliphatic rings. The van der Waals surface area contributed by atoms with Gasteiger partial charge in [-0.25, -0.2) is 0 Å². The molecule has 0 spiro atoms. The maximum Gasteiger partial charge on any atom is 0.228 e. The summed E-state index contributed by atoms with van der Waals surface area (Å²) in [6.45, 7) is 3.41. The van der Waals surface area contributed by atoms with Crippen LogP contribution in [0.5, 0.6) is 0 Å². The molecule has 0 fully saturated rings. The van der Waals surface area contributed by atoms with Gasteiger partial charge in [-0.2, -0.15) is 5.26 Å². The molecule has 0 atom stereocenters. The van der Waals surface area contributed by atoms with E-state index in [-0.39, 0.29) is 0 Å². The molecule has 0 aromatic carbocycles. The maximum absolute atomic E-state index is 9.79. The van der Waals surface area contributed by atoms with Gasteiger partial charge in [-0.05, 0) is 18.4 Å². The molecule has 0 aliphatic carbocycles. The Hall–Kier alpha value is -1.10. The normalized spacial score (nSPS) is 7.89. The van der Waals surface area contributed by atoms with Crippen molar-refractivity contribution in [1.29, 1.82) is 5.26 Å². The lowest BCUT2D eigenvalue weighted by Gasteiger charge is -1.88. The van der Waals surface area contributed by atoms with E-state index in [2.05, 4.69) is 6.58 Å². The monoisotopic (exact) mass is 122 g/mol. The molecule has 2 heteroatoms. The average molecular weight is 122 g/mol. The van der Waals surface area contributed by atoms with Gasteiger partial charge in [0, 0.05) is 6.42 Å². The molecular weight excluding hydrogens is 114 g/mol. The summed E-state index contributed by atoms with van der Waals surface area (Å²) in [5, 5.41) is 8.07. The highest BCUT2D eigenvalue weighted by atomic mass is 16.1. The molecule has 9 heavy (non-hydrogen) atoms. The molecule has 0 aliphatic heterocycles. The van der Waals surface area contributed by atoms with Gasteiger partial charge in [0.05, 0.1) is 6.07 Å². The van der Waals surface area contributed by atoms with Crippen molar-refractivity contribution in [2.24, 2.45) is 0 Å². The number of hydrogen-bond acceptors (Lipinski definition) is 2. The van der Waals surface area contributed by atoms with Crippen LogP contribution in [-0.2, 0) is 4.79 Å². The molecule has 0 saturated carbocycles. The third kappa shape index (κ3) is 4.76. The van der Waals surface area contributed by atoms with E-state index >= 15 is 0 Å². The van der Waals surface area contributed by atoms with Crippen molar-refractivity contribution in [3.63, 3.8) is 0 Å². The van der Waals surface area contributed by atoms with Crippen LogP contribution < -0.4 is 0 Å². The highest BCUT2D eigenvalue weighted by Gasteiger charge is 1.90. The number of rotatable bonds is 4. The van der Waals surface area contributed by atoms with Crippen LogP contribution in [0.3, 0.4) is 0 Å². The zero-order chi connectivity index (χ0) is 7.11. The number of hydrogen-bond donors (Lipinski definition) is 0. The largest absolute Gasteiger partial charge is 0.285 e. The minimum Gasteiger partial charge on any atom is -0.285 e.